The van der Waals surface area contributed by atoms with Gasteiger partial charge in [0.05, 0.1) is 10.6 Å². The van der Waals surface area contributed by atoms with Gasteiger partial charge in [-0.15, -0.1) is 0 Å². The topological polar surface area (TPSA) is 37.3 Å². The normalized spacial score (nSPS) is 10.5. The van der Waals surface area contributed by atoms with Crippen molar-refractivity contribution in [3.8, 4) is 11.1 Å². The lowest BCUT2D eigenvalue weighted by Crippen LogP contribution is -2.01. The van der Waals surface area contributed by atoms with Crippen LogP contribution in [0.2, 0.25) is 5.02 Å². The molecule has 0 aliphatic rings. The van der Waals surface area contributed by atoms with Gasteiger partial charge >= 0.3 is 5.97 Å². The number of benzene rings is 2. The largest absolute Gasteiger partial charge is 0.478 e. The molecule has 2 nitrogen and oxygen atoms in total. The van der Waals surface area contributed by atoms with Crippen LogP contribution in [0.5, 0.6) is 0 Å². The first-order valence-electron chi connectivity index (χ1n) is 5.39. The Morgan fingerprint density at radius 3 is 2.37 bits per heavy atom. The summed E-state index contributed by atoms with van der Waals surface area (Å²) in [6, 6.07) is 6.39. The lowest BCUT2D eigenvalue weighted by atomic mass is 9.97. The zero-order chi connectivity index (χ0) is 14.2. The number of aromatic carboxylic acids is 1. The lowest BCUT2D eigenvalue weighted by Gasteiger charge is -2.10. The number of halogens is 3. The molecule has 0 bridgehead atoms. The van der Waals surface area contributed by atoms with E-state index in [4.69, 9.17) is 16.7 Å². The third-order valence-corrected chi connectivity index (χ3v) is 3.02. The number of aryl methyl sites for hydroxylation is 1. The van der Waals surface area contributed by atoms with E-state index in [0.29, 0.717) is 0 Å². The number of hydrogen-bond donors (Lipinski definition) is 1. The predicted octanol–water partition coefficient (Wildman–Crippen LogP) is 4.29. The molecular weight excluding hydrogens is 274 g/mol. The zero-order valence-electron chi connectivity index (χ0n) is 9.88. The molecule has 0 saturated heterocycles. The fourth-order valence-electron chi connectivity index (χ4n) is 1.80. The van der Waals surface area contributed by atoms with Gasteiger partial charge in [-0.1, -0.05) is 29.3 Å². The Balaban J connectivity index is 2.72. The van der Waals surface area contributed by atoms with Gasteiger partial charge in [0.25, 0.3) is 0 Å². The summed E-state index contributed by atoms with van der Waals surface area (Å²) in [5, 5.41) is 9.12. The number of carboxylic acids is 1. The van der Waals surface area contributed by atoms with Crippen LogP contribution in [0.3, 0.4) is 0 Å². The minimum absolute atomic E-state index is 0.00657. The van der Waals surface area contributed by atoms with E-state index in [0.717, 1.165) is 17.7 Å². The number of carboxylic acid groups (broad SMARTS) is 1. The van der Waals surface area contributed by atoms with E-state index < -0.39 is 17.6 Å². The van der Waals surface area contributed by atoms with Crippen molar-refractivity contribution in [1.29, 1.82) is 0 Å². The van der Waals surface area contributed by atoms with Crippen molar-refractivity contribution in [2.24, 2.45) is 0 Å². The molecule has 0 saturated carbocycles. The Kier molecular flexibility index (Phi) is 3.53. The molecule has 0 fully saturated rings. The van der Waals surface area contributed by atoms with Crippen molar-refractivity contribution in [1.82, 2.24) is 0 Å². The molecule has 0 heterocycles. The van der Waals surface area contributed by atoms with Crippen LogP contribution in [0.25, 0.3) is 11.1 Å². The quantitative estimate of drug-likeness (QED) is 0.834. The molecule has 2 aromatic carbocycles. The van der Waals surface area contributed by atoms with Crippen LogP contribution in [0.15, 0.2) is 30.3 Å². The standard InChI is InChI=1S/C14H9ClF2O2/c1-7-2-3-8(10(4-7)14(18)19)9-5-12(16)13(17)6-11(9)15/h2-6H,1H3,(H,18,19). The Labute approximate surface area is 113 Å². The second kappa shape index (κ2) is 4.97. The molecule has 19 heavy (non-hydrogen) atoms. The molecule has 0 aliphatic heterocycles. The second-order valence-electron chi connectivity index (χ2n) is 4.10. The van der Waals surface area contributed by atoms with E-state index >= 15 is 0 Å². The van der Waals surface area contributed by atoms with Crippen molar-refractivity contribution < 1.29 is 18.7 Å². The zero-order valence-corrected chi connectivity index (χ0v) is 10.6. The van der Waals surface area contributed by atoms with Crippen molar-refractivity contribution in [3.63, 3.8) is 0 Å². The van der Waals surface area contributed by atoms with Crippen LogP contribution < -0.4 is 0 Å². The van der Waals surface area contributed by atoms with Crippen LogP contribution in [0.1, 0.15) is 15.9 Å². The van der Waals surface area contributed by atoms with E-state index in [1.807, 2.05) is 0 Å². The molecule has 0 amide bonds. The van der Waals surface area contributed by atoms with E-state index in [-0.39, 0.29) is 21.7 Å². The van der Waals surface area contributed by atoms with Crippen molar-refractivity contribution in [2.75, 3.05) is 0 Å². The Hall–Kier alpha value is -1.94. The Morgan fingerprint density at radius 1 is 1.11 bits per heavy atom. The molecule has 5 heteroatoms. The average molecular weight is 283 g/mol. The maximum Gasteiger partial charge on any atom is 0.336 e. The third kappa shape index (κ3) is 2.58. The molecule has 0 aromatic heterocycles. The molecule has 98 valence electrons. The summed E-state index contributed by atoms with van der Waals surface area (Å²) in [7, 11) is 0. The Morgan fingerprint density at radius 2 is 1.74 bits per heavy atom. The molecular formula is C14H9ClF2O2. The van der Waals surface area contributed by atoms with Gasteiger partial charge in [0.1, 0.15) is 0 Å². The molecule has 2 rings (SSSR count). The van der Waals surface area contributed by atoms with Gasteiger partial charge in [0, 0.05) is 5.56 Å². The number of rotatable bonds is 2. The summed E-state index contributed by atoms with van der Waals surface area (Å²) in [4.78, 5) is 11.2. The van der Waals surface area contributed by atoms with Gasteiger partial charge in [0.2, 0.25) is 0 Å². The molecule has 0 aliphatic carbocycles. The highest BCUT2D eigenvalue weighted by Gasteiger charge is 2.16. The highest BCUT2D eigenvalue weighted by Crippen LogP contribution is 2.32. The fourth-order valence-corrected chi connectivity index (χ4v) is 2.05. The summed E-state index contributed by atoms with van der Waals surface area (Å²) in [6.07, 6.45) is 0. The highest BCUT2D eigenvalue weighted by atomic mass is 35.5. The monoisotopic (exact) mass is 282 g/mol. The first kappa shape index (κ1) is 13.5. The fraction of sp³-hybridized carbons (Fsp3) is 0.0714. The first-order chi connectivity index (χ1) is 8.90. The van der Waals surface area contributed by atoms with E-state index in [2.05, 4.69) is 0 Å². The van der Waals surface area contributed by atoms with Gasteiger partial charge in [-0.05, 0) is 30.7 Å². The predicted molar refractivity (Wildman–Crippen MR) is 68.5 cm³/mol. The summed E-state index contributed by atoms with van der Waals surface area (Å²) < 4.78 is 26.3. The second-order valence-corrected chi connectivity index (χ2v) is 4.51. The summed E-state index contributed by atoms with van der Waals surface area (Å²) in [6.45, 7) is 1.74. The maximum absolute atomic E-state index is 13.3. The minimum atomic E-state index is -1.15. The van der Waals surface area contributed by atoms with E-state index in [1.165, 1.54) is 12.1 Å². The van der Waals surface area contributed by atoms with Crippen LogP contribution in [-0.4, -0.2) is 11.1 Å². The lowest BCUT2D eigenvalue weighted by molar-refractivity contribution is 0.0697. The third-order valence-electron chi connectivity index (χ3n) is 2.71. The average Bonchev–Trinajstić information content (AvgIpc) is 2.34. The van der Waals surface area contributed by atoms with Crippen LogP contribution >= 0.6 is 11.6 Å². The highest BCUT2D eigenvalue weighted by molar-refractivity contribution is 6.33. The molecule has 2 aromatic rings. The SMILES string of the molecule is Cc1ccc(-c2cc(F)c(F)cc2Cl)c(C(=O)O)c1. The number of carbonyl (C=O) groups is 1. The van der Waals surface area contributed by atoms with Crippen molar-refractivity contribution in [3.05, 3.63) is 58.1 Å². The molecule has 0 atom stereocenters. The molecule has 0 unspecified atom stereocenters. The van der Waals surface area contributed by atoms with Crippen molar-refractivity contribution >= 4 is 17.6 Å². The molecule has 1 N–H and O–H groups in total. The van der Waals surface area contributed by atoms with Gasteiger partial charge in [-0.3, -0.25) is 0 Å². The summed E-state index contributed by atoms with van der Waals surface area (Å²) >= 11 is 5.85. The smallest absolute Gasteiger partial charge is 0.336 e. The van der Waals surface area contributed by atoms with Gasteiger partial charge in [0.15, 0.2) is 11.6 Å². The molecule has 0 radical (unpaired) electrons. The molecule has 0 spiro atoms. The van der Waals surface area contributed by atoms with Crippen LogP contribution in [0.4, 0.5) is 8.78 Å². The number of hydrogen-bond acceptors (Lipinski definition) is 1. The summed E-state index contributed by atoms with van der Waals surface area (Å²) in [5.74, 6) is -3.30. The van der Waals surface area contributed by atoms with Gasteiger partial charge < -0.3 is 5.11 Å². The van der Waals surface area contributed by atoms with Crippen molar-refractivity contribution in [2.45, 2.75) is 6.92 Å². The maximum atomic E-state index is 13.3. The van der Waals surface area contributed by atoms with Crippen LogP contribution in [-0.2, 0) is 0 Å². The van der Waals surface area contributed by atoms with Gasteiger partial charge in [-0.2, -0.15) is 0 Å². The summed E-state index contributed by atoms with van der Waals surface area (Å²) in [5.41, 5.74) is 1.15. The minimum Gasteiger partial charge on any atom is -0.478 e. The Bertz CT molecular complexity index is 669. The van der Waals surface area contributed by atoms with Gasteiger partial charge in [-0.25, -0.2) is 13.6 Å². The first-order valence-corrected chi connectivity index (χ1v) is 5.77. The van der Waals surface area contributed by atoms with E-state index in [1.54, 1.807) is 13.0 Å². The van der Waals surface area contributed by atoms with E-state index in [9.17, 15) is 13.6 Å². The van der Waals surface area contributed by atoms with Crippen LogP contribution in [0, 0.1) is 18.6 Å².